The van der Waals surface area contributed by atoms with Gasteiger partial charge in [0.1, 0.15) is 6.10 Å². The molecular formula is C16H26N4O3. The first-order chi connectivity index (χ1) is 11.3. The first-order valence-electron chi connectivity index (χ1n) is 8.53. The maximum atomic E-state index is 12.0. The topological polar surface area (TPSA) is 77.4 Å². The Bertz CT molecular complexity index is 513. The van der Waals surface area contributed by atoms with Gasteiger partial charge in [-0.05, 0) is 32.3 Å². The van der Waals surface area contributed by atoms with Gasteiger partial charge in [0.15, 0.2) is 0 Å². The van der Waals surface area contributed by atoms with E-state index in [4.69, 9.17) is 9.47 Å². The highest BCUT2D eigenvalue weighted by Gasteiger charge is 2.30. The Morgan fingerprint density at radius 3 is 3.13 bits per heavy atom. The molecule has 0 radical (unpaired) electrons. The van der Waals surface area contributed by atoms with Crippen LogP contribution in [0.15, 0.2) is 12.3 Å². The number of rotatable bonds is 5. The number of amides is 2. The van der Waals surface area contributed by atoms with Gasteiger partial charge in [-0.2, -0.15) is 5.10 Å². The van der Waals surface area contributed by atoms with Crippen molar-refractivity contribution in [3.63, 3.8) is 0 Å². The zero-order valence-electron chi connectivity index (χ0n) is 13.7. The molecule has 0 spiro atoms. The van der Waals surface area contributed by atoms with Gasteiger partial charge in [-0.1, -0.05) is 0 Å². The fourth-order valence-electron chi connectivity index (χ4n) is 3.34. The van der Waals surface area contributed by atoms with Crippen molar-refractivity contribution < 1.29 is 14.3 Å². The molecule has 2 aliphatic heterocycles. The van der Waals surface area contributed by atoms with Gasteiger partial charge in [0.2, 0.25) is 0 Å². The number of ether oxygens (including phenoxy) is 2. The van der Waals surface area contributed by atoms with Gasteiger partial charge in [0.05, 0.1) is 18.3 Å². The molecule has 2 N–H and O–H groups in total. The Labute approximate surface area is 136 Å². The maximum Gasteiger partial charge on any atom is 0.315 e. The zero-order valence-corrected chi connectivity index (χ0v) is 13.7. The second-order valence-electron chi connectivity index (χ2n) is 6.18. The van der Waals surface area contributed by atoms with Gasteiger partial charge in [0.25, 0.3) is 0 Å². The molecule has 2 fully saturated rings. The summed E-state index contributed by atoms with van der Waals surface area (Å²) in [6.45, 7) is 5.61. The molecule has 2 amide bonds. The van der Waals surface area contributed by atoms with Crippen molar-refractivity contribution in [2.24, 2.45) is 5.92 Å². The van der Waals surface area contributed by atoms with Gasteiger partial charge in [-0.3, -0.25) is 4.68 Å². The van der Waals surface area contributed by atoms with E-state index >= 15 is 0 Å². The predicted octanol–water partition coefficient (Wildman–Crippen LogP) is 1.46. The van der Waals surface area contributed by atoms with E-state index in [1.54, 1.807) is 0 Å². The number of nitrogens with zero attached hydrogens (tertiary/aromatic N) is 2. The number of hydrogen-bond donors (Lipinski definition) is 2. The number of urea groups is 1. The molecule has 3 heterocycles. The molecule has 3 rings (SSSR count). The van der Waals surface area contributed by atoms with Crippen molar-refractivity contribution in [3.05, 3.63) is 18.0 Å². The van der Waals surface area contributed by atoms with E-state index < -0.39 is 0 Å². The summed E-state index contributed by atoms with van der Waals surface area (Å²) in [7, 11) is 0. The van der Waals surface area contributed by atoms with E-state index in [2.05, 4.69) is 22.7 Å². The average molecular weight is 322 g/mol. The third kappa shape index (κ3) is 4.03. The van der Waals surface area contributed by atoms with Gasteiger partial charge in [-0.25, -0.2) is 4.79 Å². The molecule has 0 saturated carbocycles. The molecule has 0 aliphatic carbocycles. The molecule has 2 aliphatic rings. The van der Waals surface area contributed by atoms with Crippen LogP contribution in [0.3, 0.4) is 0 Å². The fourth-order valence-corrected chi connectivity index (χ4v) is 3.34. The fraction of sp³-hybridized carbons (Fsp3) is 0.750. The highest BCUT2D eigenvalue weighted by molar-refractivity contribution is 5.74. The molecule has 7 heteroatoms. The summed E-state index contributed by atoms with van der Waals surface area (Å²) in [6.07, 6.45) is 4.78. The van der Waals surface area contributed by atoms with E-state index in [0.717, 1.165) is 44.7 Å². The number of hydrogen-bond acceptors (Lipinski definition) is 4. The molecule has 2 saturated heterocycles. The summed E-state index contributed by atoms with van der Waals surface area (Å²) >= 11 is 0. The second kappa shape index (κ2) is 7.79. The summed E-state index contributed by atoms with van der Waals surface area (Å²) in [5, 5.41) is 10.3. The van der Waals surface area contributed by atoms with Crippen molar-refractivity contribution in [2.75, 3.05) is 26.4 Å². The van der Waals surface area contributed by atoms with Crippen LogP contribution >= 0.6 is 0 Å². The Morgan fingerprint density at radius 2 is 2.35 bits per heavy atom. The first-order valence-corrected chi connectivity index (χ1v) is 8.53. The van der Waals surface area contributed by atoms with Gasteiger partial charge < -0.3 is 20.1 Å². The number of nitrogens with one attached hydrogen (secondary N) is 2. The molecule has 0 unspecified atom stereocenters. The minimum absolute atomic E-state index is 0.00122. The summed E-state index contributed by atoms with van der Waals surface area (Å²) in [6, 6.07) is 2.03. The largest absolute Gasteiger partial charge is 0.379 e. The molecule has 1 aromatic heterocycles. The van der Waals surface area contributed by atoms with Gasteiger partial charge in [0, 0.05) is 38.4 Å². The van der Waals surface area contributed by atoms with E-state index in [1.165, 1.54) is 0 Å². The number of aryl methyl sites for hydroxylation is 1. The number of carbonyl (C=O) groups is 1. The van der Waals surface area contributed by atoms with Gasteiger partial charge in [-0.15, -0.1) is 0 Å². The lowest BCUT2D eigenvalue weighted by atomic mass is 9.92. The summed E-state index contributed by atoms with van der Waals surface area (Å²) in [4.78, 5) is 12.0. The molecule has 0 aromatic carbocycles. The van der Waals surface area contributed by atoms with E-state index in [9.17, 15) is 4.79 Å². The summed E-state index contributed by atoms with van der Waals surface area (Å²) in [5.41, 5.74) is 1.10. The van der Waals surface area contributed by atoms with Crippen LogP contribution in [0.1, 0.15) is 38.0 Å². The van der Waals surface area contributed by atoms with Crippen LogP contribution in [0.4, 0.5) is 4.79 Å². The van der Waals surface area contributed by atoms with Crippen LogP contribution in [-0.2, 0) is 16.0 Å². The molecule has 7 nitrogen and oxygen atoms in total. The van der Waals surface area contributed by atoms with E-state index in [1.807, 2.05) is 16.9 Å². The molecule has 23 heavy (non-hydrogen) atoms. The lowest BCUT2D eigenvalue weighted by Crippen LogP contribution is -2.45. The smallest absolute Gasteiger partial charge is 0.315 e. The quantitative estimate of drug-likeness (QED) is 0.860. The van der Waals surface area contributed by atoms with Crippen molar-refractivity contribution >= 4 is 6.03 Å². The monoisotopic (exact) mass is 322 g/mol. The van der Waals surface area contributed by atoms with Crippen molar-refractivity contribution in [2.45, 2.75) is 44.9 Å². The summed E-state index contributed by atoms with van der Waals surface area (Å²) in [5.74, 6) is 0.274. The Morgan fingerprint density at radius 1 is 1.43 bits per heavy atom. The molecule has 3 atom stereocenters. The average Bonchev–Trinajstić information content (AvgIpc) is 3.24. The van der Waals surface area contributed by atoms with Crippen LogP contribution in [0.5, 0.6) is 0 Å². The van der Waals surface area contributed by atoms with Crippen LogP contribution in [0.2, 0.25) is 0 Å². The predicted molar refractivity (Wildman–Crippen MR) is 85.1 cm³/mol. The second-order valence-corrected chi connectivity index (χ2v) is 6.18. The van der Waals surface area contributed by atoms with Crippen molar-refractivity contribution in [3.8, 4) is 0 Å². The minimum atomic E-state index is -0.117. The zero-order chi connectivity index (χ0) is 16.1. The highest BCUT2D eigenvalue weighted by Crippen LogP contribution is 2.33. The molecule has 1 aromatic rings. The first kappa shape index (κ1) is 16.3. The minimum Gasteiger partial charge on any atom is -0.379 e. The standard InChI is InChI=1S/C16H26N4O3/c1-2-20-14(5-7-18-20)15-12(4-3-8-23-15)10-17-16(21)19-13-6-9-22-11-13/h5,7,12-13,15H,2-4,6,8-11H2,1H3,(H2,17,19,21)/t12-,13+,15+/m0/s1. The number of aromatic nitrogens is 2. The lowest BCUT2D eigenvalue weighted by molar-refractivity contribution is -0.0318. The Balaban J connectivity index is 1.55. The van der Waals surface area contributed by atoms with Crippen LogP contribution in [-0.4, -0.2) is 48.2 Å². The van der Waals surface area contributed by atoms with Crippen molar-refractivity contribution in [1.29, 1.82) is 0 Å². The normalized spacial score (nSPS) is 27.8. The van der Waals surface area contributed by atoms with E-state index in [-0.39, 0.29) is 24.1 Å². The number of carbonyl (C=O) groups excluding carboxylic acids is 1. The lowest BCUT2D eigenvalue weighted by Gasteiger charge is -2.32. The van der Waals surface area contributed by atoms with Crippen LogP contribution < -0.4 is 10.6 Å². The Kier molecular flexibility index (Phi) is 5.51. The van der Waals surface area contributed by atoms with Crippen LogP contribution in [0, 0.1) is 5.92 Å². The van der Waals surface area contributed by atoms with Crippen molar-refractivity contribution in [1.82, 2.24) is 20.4 Å². The molecular weight excluding hydrogens is 296 g/mol. The highest BCUT2D eigenvalue weighted by atomic mass is 16.5. The maximum absolute atomic E-state index is 12.0. The third-order valence-corrected chi connectivity index (χ3v) is 4.57. The third-order valence-electron chi connectivity index (χ3n) is 4.57. The van der Waals surface area contributed by atoms with E-state index in [0.29, 0.717) is 13.2 Å². The Hall–Kier alpha value is -1.60. The molecule has 128 valence electrons. The molecule has 0 bridgehead atoms. The summed E-state index contributed by atoms with van der Waals surface area (Å²) < 4.78 is 13.2. The van der Waals surface area contributed by atoms with Crippen LogP contribution in [0.25, 0.3) is 0 Å². The SMILES string of the molecule is CCn1nccc1[C@@H]1OCCC[C@H]1CNC(=O)N[C@@H]1CCOC1. The van der Waals surface area contributed by atoms with Gasteiger partial charge >= 0.3 is 6.03 Å².